The summed E-state index contributed by atoms with van der Waals surface area (Å²) in [5.41, 5.74) is -1.12. The van der Waals surface area contributed by atoms with E-state index in [2.05, 4.69) is 59.1 Å². The summed E-state index contributed by atoms with van der Waals surface area (Å²) in [5, 5.41) is 6.54. The van der Waals surface area contributed by atoms with Gasteiger partial charge >= 0.3 is 0 Å². The minimum atomic E-state index is -0.449. The second kappa shape index (κ2) is 9.63. The number of hydrogen-bond acceptors (Lipinski definition) is 2. The van der Waals surface area contributed by atoms with Crippen LogP contribution in [0.4, 0.5) is 0 Å². The van der Waals surface area contributed by atoms with Crippen LogP contribution in [0, 0.1) is 22.2 Å². The number of carbonyl (C=O) groups excluding carboxylic acids is 2. The number of hydrogen-bond donors (Lipinski definition) is 2. The van der Waals surface area contributed by atoms with E-state index in [-0.39, 0.29) is 28.8 Å². The maximum absolute atomic E-state index is 13.0. The smallest absolute Gasteiger partial charge is 0.226 e. The van der Waals surface area contributed by atoms with Crippen molar-refractivity contribution in [2.45, 2.75) is 120 Å². The van der Waals surface area contributed by atoms with Gasteiger partial charge in [-0.05, 0) is 43.9 Å². The van der Waals surface area contributed by atoms with Crippen LogP contribution in [0.3, 0.4) is 0 Å². The second-order valence-electron chi connectivity index (χ2n) is 11.4. The Morgan fingerprint density at radius 3 is 1.68 bits per heavy atom. The van der Waals surface area contributed by atoms with Crippen LogP contribution < -0.4 is 10.6 Å². The Hall–Kier alpha value is -1.06. The Labute approximate surface area is 175 Å². The summed E-state index contributed by atoms with van der Waals surface area (Å²) < 4.78 is 0. The molecule has 2 amide bonds. The summed E-state index contributed by atoms with van der Waals surface area (Å²) in [6.07, 6.45) is 3.45. The largest absolute Gasteiger partial charge is 0.352 e. The third kappa shape index (κ3) is 7.40. The van der Waals surface area contributed by atoms with Crippen molar-refractivity contribution >= 4 is 11.8 Å². The van der Waals surface area contributed by atoms with Crippen LogP contribution in [0.15, 0.2) is 0 Å². The lowest BCUT2D eigenvalue weighted by atomic mass is 9.73. The zero-order chi connectivity index (χ0) is 22.6. The third-order valence-electron chi connectivity index (χ3n) is 6.75. The van der Waals surface area contributed by atoms with Crippen molar-refractivity contribution in [1.29, 1.82) is 0 Å². The fourth-order valence-electron chi connectivity index (χ4n) is 3.22. The Morgan fingerprint density at radius 2 is 1.32 bits per heavy atom. The van der Waals surface area contributed by atoms with E-state index in [1.54, 1.807) is 0 Å². The quantitative estimate of drug-likeness (QED) is 0.497. The molecular formula is C24H48N2O2. The highest BCUT2D eigenvalue weighted by Gasteiger charge is 2.38. The third-order valence-corrected chi connectivity index (χ3v) is 6.75. The predicted octanol–water partition coefficient (Wildman–Crippen LogP) is 5.70. The normalized spacial score (nSPS) is 16.5. The molecule has 0 aromatic heterocycles. The van der Waals surface area contributed by atoms with Crippen molar-refractivity contribution in [3.8, 4) is 0 Å². The molecule has 0 aliphatic carbocycles. The molecule has 0 aliphatic rings. The molecule has 2 unspecified atom stereocenters. The molecule has 0 aromatic rings. The maximum atomic E-state index is 13.0. The van der Waals surface area contributed by atoms with E-state index in [1.165, 1.54) is 0 Å². The van der Waals surface area contributed by atoms with Gasteiger partial charge in [0, 0.05) is 22.4 Å². The van der Waals surface area contributed by atoms with E-state index in [0.717, 1.165) is 25.7 Å². The van der Waals surface area contributed by atoms with E-state index in [1.807, 2.05) is 34.6 Å². The van der Waals surface area contributed by atoms with Gasteiger partial charge in [-0.25, -0.2) is 0 Å². The molecular weight excluding hydrogens is 348 g/mol. The fourth-order valence-corrected chi connectivity index (χ4v) is 3.22. The van der Waals surface area contributed by atoms with E-state index in [0.29, 0.717) is 5.92 Å². The van der Waals surface area contributed by atoms with Crippen molar-refractivity contribution in [3.05, 3.63) is 0 Å². The average molecular weight is 397 g/mol. The van der Waals surface area contributed by atoms with Crippen LogP contribution in [0.1, 0.15) is 109 Å². The highest BCUT2D eigenvalue weighted by Crippen LogP contribution is 2.36. The van der Waals surface area contributed by atoms with Crippen molar-refractivity contribution in [3.63, 3.8) is 0 Å². The van der Waals surface area contributed by atoms with Crippen molar-refractivity contribution in [2.75, 3.05) is 0 Å². The number of amides is 2. The summed E-state index contributed by atoms with van der Waals surface area (Å²) in [7, 11) is 0. The standard InChI is InChI=1S/C24H48N2O2/c1-13-18(25-19(27)21(5,6)7)22(8,9)15-16-23(10,11)20(28)26-24(12,14-2)17(3)4/h17-18H,13-16H2,1-12H3,(H,25,27)(H,26,28). The first-order valence-corrected chi connectivity index (χ1v) is 11.1. The Morgan fingerprint density at radius 1 is 0.821 bits per heavy atom. The SMILES string of the molecule is CCC(NC(=O)C(C)(C)C)C(C)(C)CCC(C)(C)C(=O)NC(C)(CC)C(C)C. The Kier molecular flexibility index (Phi) is 9.26. The molecule has 0 bridgehead atoms. The number of nitrogens with one attached hydrogen (secondary N) is 2. The number of carbonyl (C=O) groups is 2. The zero-order valence-corrected chi connectivity index (χ0v) is 20.8. The maximum Gasteiger partial charge on any atom is 0.226 e. The second-order valence-corrected chi connectivity index (χ2v) is 11.4. The first kappa shape index (κ1) is 26.9. The molecule has 2 atom stereocenters. The van der Waals surface area contributed by atoms with E-state index >= 15 is 0 Å². The van der Waals surface area contributed by atoms with Crippen LogP contribution in [-0.2, 0) is 9.59 Å². The fraction of sp³-hybridized carbons (Fsp3) is 0.917. The molecule has 0 fully saturated rings. The summed E-state index contributed by atoms with van der Waals surface area (Å²) in [4.78, 5) is 25.5. The van der Waals surface area contributed by atoms with Crippen LogP contribution in [0.5, 0.6) is 0 Å². The van der Waals surface area contributed by atoms with E-state index < -0.39 is 10.8 Å². The molecule has 0 rings (SSSR count). The lowest BCUT2D eigenvalue weighted by Gasteiger charge is -2.40. The van der Waals surface area contributed by atoms with Gasteiger partial charge in [0.1, 0.15) is 0 Å². The molecule has 0 saturated carbocycles. The molecule has 2 N–H and O–H groups in total. The van der Waals surface area contributed by atoms with Gasteiger partial charge in [-0.2, -0.15) is 0 Å². The molecule has 0 aromatic carbocycles. The monoisotopic (exact) mass is 396 g/mol. The van der Waals surface area contributed by atoms with Crippen LogP contribution in [0.25, 0.3) is 0 Å². The highest BCUT2D eigenvalue weighted by atomic mass is 16.2. The molecule has 0 aliphatic heterocycles. The molecule has 166 valence electrons. The Bertz CT molecular complexity index is 529. The van der Waals surface area contributed by atoms with E-state index in [4.69, 9.17) is 0 Å². The predicted molar refractivity (Wildman–Crippen MR) is 120 cm³/mol. The lowest BCUT2D eigenvalue weighted by Crippen LogP contribution is -2.53. The van der Waals surface area contributed by atoms with Crippen LogP contribution in [0.2, 0.25) is 0 Å². The summed E-state index contributed by atoms with van der Waals surface area (Å²) in [6.45, 7) is 25.0. The molecule has 4 heteroatoms. The topological polar surface area (TPSA) is 58.2 Å². The molecule has 28 heavy (non-hydrogen) atoms. The molecule has 0 saturated heterocycles. The lowest BCUT2D eigenvalue weighted by molar-refractivity contribution is -0.133. The molecule has 0 radical (unpaired) electrons. The summed E-state index contributed by atoms with van der Waals surface area (Å²) in [5.74, 6) is 0.582. The van der Waals surface area contributed by atoms with Gasteiger partial charge in [0.2, 0.25) is 11.8 Å². The van der Waals surface area contributed by atoms with Gasteiger partial charge in [-0.1, -0.05) is 76.2 Å². The van der Waals surface area contributed by atoms with Gasteiger partial charge in [0.25, 0.3) is 0 Å². The van der Waals surface area contributed by atoms with Gasteiger partial charge in [0.15, 0.2) is 0 Å². The molecule has 0 spiro atoms. The van der Waals surface area contributed by atoms with Gasteiger partial charge in [-0.3, -0.25) is 9.59 Å². The van der Waals surface area contributed by atoms with Crippen molar-refractivity contribution < 1.29 is 9.59 Å². The van der Waals surface area contributed by atoms with Gasteiger partial charge in [0.05, 0.1) is 0 Å². The minimum Gasteiger partial charge on any atom is -0.352 e. The zero-order valence-electron chi connectivity index (χ0n) is 20.8. The van der Waals surface area contributed by atoms with Crippen LogP contribution >= 0.6 is 0 Å². The van der Waals surface area contributed by atoms with Crippen molar-refractivity contribution in [1.82, 2.24) is 10.6 Å². The first-order chi connectivity index (χ1) is 12.4. The van der Waals surface area contributed by atoms with Crippen LogP contribution in [-0.4, -0.2) is 23.4 Å². The van der Waals surface area contributed by atoms with Crippen molar-refractivity contribution in [2.24, 2.45) is 22.2 Å². The molecule has 0 heterocycles. The van der Waals surface area contributed by atoms with Gasteiger partial charge in [-0.15, -0.1) is 0 Å². The minimum absolute atomic E-state index is 0.0834. The van der Waals surface area contributed by atoms with Gasteiger partial charge < -0.3 is 10.6 Å². The highest BCUT2D eigenvalue weighted by molar-refractivity contribution is 5.82. The molecule has 4 nitrogen and oxygen atoms in total. The van der Waals surface area contributed by atoms with E-state index in [9.17, 15) is 9.59 Å². The summed E-state index contributed by atoms with van der Waals surface area (Å²) in [6, 6.07) is 0.0923. The summed E-state index contributed by atoms with van der Waals surface area (Å²) >= 11 is 0. The number of rotatable bonds is 10. The first-order valence-electron chi connectivity index (χ1n) is 11.1. The Balaban J connectivity index is 5.14. The average Bonchev–Trinajstić information content (AvgIpc) is 2.56.